The minimum Gasteiger partial charge on any atom is -0.469 e. The van der Waals surface area contributed by atoms with Crippen molar-refractivity contribution in [2.24, 2.45) is 0 Å². The number of thioether (sulfide) groups is 1. The first-order valence-electron chi connectivity index (χ1n) is 10.5. The van der Waals surface area contributed by atoms with Crippen LogP contribution < -0.4 is 5.32 Å². The Morgan fingerprint density at radius 2 is 2.09 bits per heavy atom. The maximum Gasteiger partial charge on any atom is 0.235 e. The van der Waals surface area contributed by atoms with E-state index < -0.39 is 0 Å². The van der Waals surface area contributed by atoms with Gasteiger partial charge in [-0.05, 0) is 50.8 Å². The van der Waals surface area contributed by atoms with Gasteiger partial charge in [-0.2, -0.15) is 5.26 Å². The van der Waals surface area contributed by atoms with E-state index in [1.54, 1.807) is 17.6 Å². The first kappa shape index (κ1) is 22.9. The number of nitrogens with one attached hydrogen (secondary N) is 1. The molecular formula is C23H24N6O2S2. The highest BCUT2D eigenvalue weighted by Gasteiger charge is 2.21. The molecule has 0 fully saturated rings. The number of rotatable bonds is 8. The van der Waals surface area contributed by atoms with Gasteiger partial charge in [-0.15, -0.1) is 21.5 Å². The third kappa shape index (κ3) is 4.47. The number of aryl methyl sites for hydroxylation is 1. The molecule has 0 saturated carbocycles. The summed E-state index contributed by atoms with van der Waals surface area (Å²) >= 11 is 2.96. The number of hydrogen-bond acceptors (Lipinski definition) is 7. The lowest BCUT2D eigenvalue weighted by Gasteiger charge is -2.12. The van der Waals surface area contributed by atoms with Crippen LogP contribution in [0.25, 0.3) is 11.4 Å². The molecule has 4 heterocycles. The predicted molar refractivity (Wildman–Crippen MR) is 130 cm³/mol. The average Bonchev–Trinajstić information content (AvgIpc) is 3.58. The number of amides is 1. The second-order valence-corrected chi connectivity index (χ2v) is 9.46. The van der Waals surface area contributed by atoms with E-state index in [1.807, 2.05) is 60.4 Å². The molecule has 0 atom stereocenters. The molecule has 0 aliphatic carbocycles. The van der Waals surface area contributed by atoms with Gasteiger partial charge in [-0.1, -0.05) is 17.8 Å². The van der Waals surface area contributed by atoms with Crippen LogP contribution in [0.3, 0.4) is 0 Å². The Morgan fingerprint density at radius 1 is 1.27 bits per heavy atom. The lowest BCUT2D eigenvalue weighted by Crippen LogP contribution is -2.18. The van der Waals surface area contributed by atoms with Crippen molar-refractivity contribution < 1.29 is 9.21 Å². The van der Waals surface area contributed by atoms with Gasteiger partial charge in [0.25, 0.3) is 0 Å². The molecule has 0 radical (unpaired) electrons. The predicted octanol–water partition coefficient (Wildman–Crippen LogP) is 5.00. The molecule has 4 aromatic heterocycles. The van der Waals surface area contributed by atoms with Crippen LogP contribution >= 0.6 is 23.1 Å². The number of furan rings is 1. The number of hydrogen-bond donors (Lipinski definition) is 1. The normalized spacial score (nSPS) is 11.0. The van der Waals surface area contributed by atoms with Crippen molar-refractivity contribution in [3.8, 4) is 17.5 Å². The van der Waals surface area contributed by atoms with Crippen molar-refractivity contribution in [2.45, 2.75) is 45.9 Å². The van der Waals surface area contributed by atoms with E-state index in [2.05, 4.69) is 21.6 Å². The molecule has 0 bridgehead atoms. The van der Waals surface area contributed by atoms with Crippen LogP contribution in [0.2, 0.25) is 0 Å². The maximum absolute atomic E-state index is 12.9. The second kappa shape index (κ2) is 9.68. The van der Waals surface area contributed by atoms with Gasteiger partial charge in [0.15, 0.2) is 11.0 Å². The summed E-state index contributed by atoms with van der Waals surface area (Å²) in [5.74, 6) is 1.98. The summed E-state index contributed by atoms with van der Waals surface area (Å²) in [6.07, 6.45) is 1.63. The summed E-state index contributed by atoms with van der Waals surface area (Å²) in [7, 11) is 0. The van der Waals surface area contributed by atoms with Crippen molar-refractivity contribution in [2.75, 3.05) is 11.1 Å². The van der Waals surface area contributed by atoms with Gasteiger partial charge in [0.1, 0.15) is 17.6 Å². The van der Waals surface area contributed by atoms with Crippen LogP contribution in [0, 0.1) is 32.1 Å². The largest absolute Gasteiger partial charge is 0.469 e. The number of thiophene rings is 1. The lowest BCUT2D eigenvalue weighted by molar-refractivity contribution is -0.113. The molecule has 0 aromatic carbocycles. The van der Waals surface area contributed by atoms with Gasteiger partial charge in [0, 0.05) is 17.1 Å². The number of nitrogens with zero attached hydrogens (tertiary/aromatic N) is 5. The SMILES string of the molecule is CCn1c(SCC(=O)Nc2c(C#N)c(C)c(C)n2Cc2cccs2)nnc1-c1ccoc1C. The molecule has 170 valence electrons. The van der Waals surface area contributed by atoms with Gasteiger partial charge >= 0.3 is 0 Å². The minimum atomic E-state index is -0.201. The summed E-state index contributed by atoms with van der Waals surface area (Å²) in [5, 5.41) is 24.0. The van der Waals surface area contributed by atoms with E-state index in [0.29, 0.717) is 29.6 Å². The van der Waals surface area contributed by atoms with Crippen LogP contribution in [-0.4, -0.2) is 31.0 Å². The monoisotopic (exact) mass is 480 g/mol. The molecule has 8 nitrogen and oxygen atoms in total. The zero-order valence-electron chi connectivity index (χ0n) is 18.9. The number of nitriles is 1. The zero-order chi connectivity index (χ0) is 23.5. The van der Waals surface area contributed by atoms with Crippen LogP contribution in [-0.2, 0) is 17.9 Å². The topological polar surface area (TPSA) is 102 Å². The number of aromatic nitrogens is 4. The average molecular weight is 481 g/mol. The molecule has 4 aromatic rings. The third-order valence-electron chi connectivity index (χ3n) is 5.56. The van der Waals surface area contributed by atoms with Crippen molar-refractivity contribution in [1.82, 2.24) is 19.3 Å². The smallest absolute Gasteiger partial charge is 0.235 e. The van der Waals surface area contributed by atoms with E-state index in [4.69, 9.17) is 4.42 Å². The number of carbonyl (C=O) groups is 1. The Balaban J connectivity index is 1.52. The van der Waals surface area contributed by atoms with Gasteiger partial charge in [0.05, 0.1) is 29.7 Å². The fourth-order valence-corrected chi connectivity index (χ4v) is 5.18. The standard InChI is InChI=1S/C23H24N6O2S2/c1-5-28-22(18-8-9-31-16(18)4)26-27-23(28)33-13-20(30)25-21-19(11-24)14(2)15(3)29(21)12-17-7-6-10-32-17/h6-10H,5,12-13H2,1-4H3,(H,25,30). The first-order chi connectivity index (χ1) is 15.9. The quantitative estimate of drug-likeness (QED) is 0.356. The van der Waals surface area contributed by atoms with Gasteiger partial charge in [-0.25, -0.2) is 0 Å². The van der Waals surface area contributed by atoms with Crippen molar-refractivity contribution >= 4 is 34.8 Å². The highest BCUT2D eigenvalue weighted by molar-refractivity contribution is 7.99. The Kier molecular flexibility index (Phi) is 6.72. The van der Waals surface area contributed by atoms with E-state index >= 15 is 0 Å². The second-order valence-electron chi connectivity index (χ2n) is 7.49. The summed E-state index contributed by atoms with van der Waals surface area (Å²) in [4.78, 5) is 14.0. The molecule has 33 heavy (non-hydrogen) atoms. The molecule has 10 heteroatoms. The Morgan fingerprint density at radius 3 is 2.73 bits per heavy atom. The van der Waals surface area contributed by atoms with E-state index in [9.17, 15) is 10.1 Å². The summed E-state index contributed by atoms with van der Waals surface area (Å²) in [6.45, 7) is 9.04. The first-order valence-corrected chi connectivity index (χ1v) is 12.3. The molecule has 0 aliphatic rings. The molecule has 0 spiro atoms. The molecular weight excluding hydrogens is 456 g/mol. The van der Waals surface area contributed by atoms with Crippen molar-refractivity contribution in [3.05, 3.63) is 57.3 Å². The number of carbonyl (C=O) groups excluding carboxylic acids is 1. The highest BCUT2D eigenvalue weighted by Crippen LogP contribution is 2.30. The van der Waals surface area contributed by atoms with Crippen LogP contribution in [0.4, 0.5) is 5.82 Å². The third-order valence-corrected chi connectivity index (χ3v) is 7.39. The Labute approximate surface area is 200 Å². The summed E-state index contributed by atoms with van der Waals surface area (Å²) in [5.41, 5.74) is 3.23. The Bertz CT molecular complexity index is 1320. The molecule has 4 rings (SSSR count). The van der Waals surface area contributed by atoms with Gasteiger partial charge in [0.2, 0.25) is 5.91 Å². The van der Waals surface area contributed by atoms with Crippen molar-refractivity contribution in [3.63, 3.8) is 0 Å². The molecule has 0 unspecified atom stereocenters. The summed E-state index contributed by atoms with van der Waals surface area (Å²) < 4.78 is 9.35. The van der Waals surface area contributed by atoms with E-state index in [0.717, 1.165) is 33.3 Å². The highest BCUT2D eigenvalue weighted by atomic mass is 32.2. The fourth-order valence-electron chi connectivity index (χ4n) is 3.68. The molecule has 0 saturated heterocycles. The van der Waals surface area contributed by atoms with Crippen LogP contribution in [0.1, 0.15) is 34.4 Å². The van der Waals surface area contributed by atoms with Crippen LogP contribution in [0.15, 0.2) is 39.4 Å². The van der Waals surface area contributed by atoms with Crippen molar-refractivity contribution in [1.29, 1.82) is 5.26 Å². The fraction of sp³-hybridized carbons (Fsp3) is 0.304. The van der Waals surface area contributed by atoms with Gasteiger partial charge in [-0.3, -0.25) is 4.79 Å². The number of anilines is 1. The molecule has 0 aliphatic heterocycles. The van der Waals surface area contributed by atoms with E-state index in [1.165, 1.54) is 11.8 Å². The summed E-state index contributed by atoms with van der Waals surface area (Å²) in [6, 6.07) is 8.16. The minimum absolute atomic E-state index is 0.148. The van der Waals surface area contributed by atoms with Crippen LogP contribution in [0.5, 0.6) is 0 Å². The maximum atomic E-state index is 12.9. The van der Waals surface area contributed by atoms with Gasteiger partial charge < -0.3 is 18.9 Å². The lowest BCUT2D eigenvalue weighted by atomic mass is 10.2. The zero-order valence-corrected chi connectivity index (χ0v) is 20.5. The Hall–Kier alpha value is -3.29. The molecule has 1 amide bonds. The molecule has 1 N–H and O–H groups in total. The van der Waals surface area contributed by atoms with E-state index in [-0.39, 0.29) is 11.7 Å².